The second-order valence-corrected chi connectivity index (χ2v) is 4.75. The monoisotopic (exact) mass is 264 g/mol. The number of carboxylic acid groups (broad SMARTS) is 1. The number of amides is 1. The summed E-state index contributed by atoms with van der Waals surface area (Å²) in [6, 6.07) is 2.58. The van der Waals surface area contributed by atoms with E-state index in [4.69, 9.17) is 5.11 Å². The second kappa shape index (κ2) is 5.36. The van der Waals surface area contributed by atoms with Crippen LogP contribution in [0.3, 0.4) is 0 Å². The molecular formula is C13H16N2O4. The molecule has 102 valence electrons. The van der Waals surface area contributed by atoms with Gasteiger partial charge in [0.25, 0.3) is 5.91 Å². The van der Waals surface area contributed by atoms with Gasteiger partial charge < -0.3 is 15.1 Å². The lowest BCUT2D eigenvalue weighted by Crippen LogP contribution is -2.40. The highest BCUT2D eigenvalue weighted by molar-refractivity contribution is 5.94. The minimum Gasteiger partial charge on any atom is -0.478 e. The van der Waals surface area contributed by atoms with Gasteiger partial charge in [-0.2, -0.15) is 0 Å². The largest absolute Gasteiger partial charge is 0.478 e. The van der Waals surface area contributed by atoms with Crippen molar-refractivity contribution in [1.29, 1.82) is 0 Å². The van der Waals surface area contributed by atoms with Crippen LogP contribution in [-0.2, 0) is 0 Å². The molecule has 1 amide bonds. The first-order valence-corrected chi connectivity index (χ1v) is 6.15. The maximum Gasteiger partial charge on any atom is 0.337 e. The first kappa shape index (κ1) is 13.5. The number of aliphatic hydroxyl groups is 1. The molecule has 1 aliphatic heterocycles. The van der Waals surface area contributed by atoms with Crippen LogP contribution >= 0.6 is 0 Å². The van der Waals surface area contributed by atoms with Crippen LogP contribution in [0.2, 0.25) is 0 Å². The highest BCUT2D eigenvalue weighted by Gasteiger charge is 2.34. The summed E-state index contributed by atoms with van der Waals surface area (Å²) in [4.78, 5) is 28.4. The molecule has 1 aromatic rings. The Bertz CT molecular complexity index is 486. The average Bonchev–Trinajstić information content (AvgIpc) is 2.79. The van der Waals surface area contributed by atoms with Gasteiger partial charge in [-0.25, -0.2) is 4.79 Å². The number of carbonyl (C=O) groups excluding carboxylic acids is 1. The molecule has 19 heavy (non-hydrogen) atoms. The van der Waals surface area contributed by atoms with Crippen molar-refractivity contribution >= 4 is 11.9 Å². The molecule has 0 spiro atoms. The minimum absolute atomic E-state index is 0.0463. The van der Waals surface area contributed by atoms with E-state index in [1.807, 2.05) is 6.92 Å². The van der Waals surface area contributed by atoms with Crippen molar-refractivity contribution in [3.05, 3.63) is 29.6 Å². The molecule has 2 unspecified atom stereocenters. The van der Waals surface area contributed by atoms with Gasteiger partial charge in [0.1, 0.15) is 5.69 Å². The van der Waals surface area contributed by atoms with Crippen molar-refractivity contribution in [2.75, 3.05) is 13.2 Å². The van der Waals surface area contributed by atoms with E-state index in [0.717, 1.165) is 6.42 Å². The molecule has 0 bridgehead atoms. The Hall–Kier alpha value is -1.95. The molecule has 1 fully saturated rings. The third kappa shape index (κ3) is 2.58. The third-order valence-electron chi connectivity index (χ3n) is 3.56. The zero-order valence-corrected chi connectivity index (χ0v) is 10.6. The molecule has 6 heteroatoms. The van der Waals surface area contributed by atoms with Crippen molar-refractivity contribution < 1.29 is 19.8 Å². The van der Waals surface area contributed by atoms with Gasteiger partial charge in [0.2, 0.25) is 0 Å². The first-order valence-electron chi connectivity index (χ1n) is 6.15. The first-order chi connectivity index (χ1) is 9.04. The third-order valence-corrected chi connectivity index (χ3v) is 3.56. The number of hydrogen-bond donors (Lipinski definition) is 2. The van der Waals surface area contributed by atoms with Gasteiger partial charge >= 0.3 is 5.97 Å². The molecule has 2 atom stereocenters. The summed E-state index contributed by atoms with van der Waals surface area (Å²) in [5.74, 6) is -1.08. The highest BCUT2D eigenvalue weighted by atomic mass is 16.4. The Morgan fingerprint density at radius 1 is 1.47 bits per heavy atom. The quantitative estimate of drug-likeness (QED) is 0.835. The van der Waals surface area contributed by atoms with Gasteiger partial charge in [-0.3, -0.25) is 9.78 Å². The number of nitrogens with zero attached hydrogens (tertiary/aromatic N) is 2. The number of likely N-dealkylation sites (tertiary alicyclic amines) is 1. The summed E-state index contributed by atoms with van der Waals surface area (Å²) < 4.78 is 0. The van der Waals surface area contributed by atoms with Gasteiger partial charge in [-0.1, -0.05) is 6.92 Å². The van der Waals surface area contributed by atoms with E-state index in [1.165, 1.54) is 18.3 Å². The normalized spacial score (nSPS) is 22.5. The van der Waals surface area contributed by atoms with Crippen LogP contribution in [-0.4, -0.2) is 51.2 Å². The van der Waals surface area contributed by atoms with Crippen LogP contribution < -0.4 is 0 Å². The molecule has 0 saturated carbocycles. The van der Waals surface area contributed by atoms with E-state index in [-0.39, 0.29) is 35.7 Å². The van der Waals surface area contributed by atoms with Crippen molar-refractivity contribution in [3.8, 4) is 0 Å². The molecule has 1 aromatic heterocycles. The van der Waals surface area contributed by atoms with Crippen LogP contribution in [0.1, 0.15) is 34.2 Å². The average molecular weight is 264 g/mol. The number of aromatic carboxylic acids is 1. The fraction of sp³-hybridized carbons (Fsp3) is 0.462. The summed E-state index contributed by atoms with van der Waals surface area (Å²) in [6.45, 7) is 2.52. The topological polar surface area (TPSA) is 90.7 Å². The molecule has 0 aromatic carbocycles. The molecular weight excluding hydrogens is 248 g/mol. The molecule has 1 saturated heterocycles. The molecule has 2 rings (SSSR count). The minimum atomic E-state index is -1.07. The lowest BCUT2D eigenvalue weighted by molar-refractivity contribution is 0.0639. The molecule has 0 radical (unpaired) electrons. The van der Waals surface area contributed by atoms with Crippen molar-refractivity contribution in [1.82, 2.24) is 9.88 Å². The van der Waals surface area contributed by atoms with Gasteiger partial charge in [-0.15, -0.1) is 0 Å². The maximum atomic E-state index is 12.2. The van der Waals surface area contributed by atoms with Crippen LogP contribution in [0.15, 0.2) is 18.3 Å². The van der Waals surface area contributed by atoms with E-state index in [9.17, 15) is 14.7 Å². The number of rotatable bonds is 3. The summed E-state index contributed by atoms with van der Waals surface area (Å²) in [5.41, 5.74) is 0.252. The van der Waals surface area contributed by atoms with Crippen molar-refractivity contribution in [2.45, 2.75) is 19.4 Å². The van der Waals surface area contributed by atoms with Crippen LogP contribution in [0.25, 0.3) is 0 Å². The van der Waals surface area contributed by atoms with E-state index < -0.39 is 5.97 Å². The zero-order chi connectivity index (χ0) is 14.0. The standard InChI is InChI=1S/C13H16N2O4/c1-8-4-5-15(11(8)7-16)12(17)10-3-2-9(6-14-10)13(18)19/h2-3,6,8,11,16H,4-5,7H2,1H3,(H,18,19). The number of pyridine rings is 1. The van der Waals surface area contributed by atoms with Crippen molar-refractivity contribution in [3.63, 3.8) is 0 Å². The summed E-state index contributed by atoms with van der Waals surface area (Å²) in [6.07, 6.45) is 2.02. The smallest absolute Gasteiger partial charge is 0.337 e. The molecule has 6 nitrogen and oxygen atoms in total. The number of aliphatic hydroxyl groups excluding tert-OH is 1. The molecule has 2 heterocycles. The van der Waals surface area contributed by atoms with Crippen LogP contribution in [0.4, 0.5) is 0 Å². The second-order valence-electron chi connectivity index (χ2n) is 4.75. The lowest BCUT2D eigenvalue weighted by atomic mass is 10.0. The van der Waals surface area contributed by atoms with Gasteiger partial charge in [0, 0.05) is 12.7 Å². The Morgan fingerprint density at radius 2 is 2.21 bits per heavy atom. The van der Waals surface area contributed by atoms with E-state index in [2.05, 4.69) is 4.98 Å². The Kier molecular flexibility index (Phi) is 3.80. The van der Waals surface area contributed by atoms with Crippen LogP contribution in [0, 0.1) is 5.92 Å². The number of carbonyl (C=O) groups is 2. The zero-order valence-electron chi connectivity index (χ0n) is 10.6. The summed E-state index contributed by atoms with van der Waals surface area (Å²) in [7, 11) is 0. The van der Waals surface area contributed by atoms with Gasteiger partial charge in [0.15, 0.2) is 0 Å². The Morgan fingerprint density at radius 3 is 2.74 bits per heavy atom. The van der Waals surface area contributed by atoms with E-state index in [1.54, 1.807) is 4.90 Å². The maximum absolute atomic E-state index is 12.2. The highest BCUT2D eigenvalue weighted by Crippen LogP contribution is 2.24. The van der Waals surface area contributed by atoms with Gasteiger partial charge in [0.05, 0.1) is 18.2 Å². The number of aromatic nitrogens is 1. The van der Waals surface area contributed by atoms with Crippen LogP contribution in [0.5, 0.6) is 0 Å². The van der Waals surface area contributed by atoms with Gasteiger partial charge in [-0.05, 0) is 24.5 Å². The molecule has 1 aliphatic rings. The summed E-state index contributed by atoms with van der Waals surface area (Å²) >= 11 is 0. The van der Waals surface area contributed by atoms with E-state index in [0.29, 0.717) is 6.54 Å². The van der Waals surface area contributed by atoms with E-state index >= 15 is 0 Å². The summed E-state index contributed by atoms with van der Waals surface area (Å²) in [5, 5.41) is 18.1. The van der Waals surface area contributed by atoms with Crippen molar-refractivity contribution in [2.24, 2.45) is 5.92 Å². The fourth-order valence-corrected chi connectivity index (χ4v) is 2.33. The fourth-order valence-electron chi connectivity index (χ4n) is 2.33. The Balaban J connectivity index is 2.17. The Labute approximate surface area is 110 Å². The molecule has 2 N–H and O–H groups in total. The number of carboxylic acids is 1. The SMILES string of the molecule is CC1CCN(C(=O)c2ccc(C(=O)O)cn2)C1CO. The predicted molar refractivity (Wildman–Crippen MR) is 66.9 cm³/mol. The lowest BCUT2D eigenvalue weighted by Gasteiger charge is -2.24. The predicted octanol–water partition coefficient (Wildman–Crippen LogP) is 0.623. The number of hydrogen-bond acceptors (Lipinski definition) is 4. The molecule has 0 aliphatic carbocycles.